The molecule has 0 saturated heterocycles. The molecule has 5 N–H and O–H groups in total. The van der Waals surface area contributed by atoms with Crippen LogP contribution in [0.5, 0.6) is 5.75 Å². The van der Waals surface area contributed by atoms with Gasteiger partial charge in [0.05, 0.1) is 12.2 Å². The molecule has 0 saturated carbocycles. The van der Waals surface area contributed by atoms with E-state index in [1.807, 2.05) is 0 Å². The normalized spacial score (nSPS) is 11.2. The van der Waals surface area contributed by atoms with Gasteiger partial charge in [0.1, 0.15) is 11.5 Å². The summed E-state index contributed by atoms with van der Waals surface area (Å²) in [6, 6.07) is 2.77. The minimum Gasteiger partial charge on any atom is -0.507 e. The molecule has 0 bridgehead atoms. The van der Waals surface area contributed by atoms with Gasteiger partial charge in [-0.2, -0.15) is 0 Å². The number of hydrogen-bond donors (Lipinski definition) is 4. The third-order valence-corrected chi connectivity index (χ3v) is 6.26. The number of aliphatic hydroxyl groups is 1. The number of aliphatic hydroxyl groups excluding tert-OH is 1. The van der Waals surface area contributed by atoms with E-state index >= 15 is 0 Å². The van der Waals surface area contributed by atoms with Crippen LogP contribution in [-0.4, -0.2) is 52.7 Å². The van der Waals surface area contributed by atoms with Gasteiger partial charge in [-0.3, -0.25) is 14.4 Å². The van der Waals surface area contributed by atoms with Gasteiger partial charge in [0.25, 0.3) is 5.91 Å². The van der Waals surface area contributed by atoms with E-state index in [9.17, 15) is 33.0 Å². The second-order valence-corrected chi connectivity index (χ2v) is 9.21. The van der Waals surface area contributed by atoms with Crippen LogP contribution in [0.4, 0.5) is 5.13 Å². The number of rotatable bonds is 9. The molecule has 13 heteroatoms. The van der Waals surface area contributed by atoms with Crippen molar-refractivity contribution < 1.29 is 33.0 Å². The molecule has 1 aromatic heterocycles. The Labute approximate surface area is 169 Å². The predicted molar refractivity (Wildman–Crippen MR) is 102 cm³/mol. The number of anilines is 1. The SMILES string of the molecule is CS(=O)(=O)c1nnc(NC(=O)CCC(=O)Cc2ccc(CO)c(C(N)=O)c2O)s1. The molecule has 1 heterocycles. The largest absolute Gasteiger partial charge is 0.507 e. The Kier molecular flexibility index (Phi) is 7.00. The second kappa shape index (κ2) is 9.07. The fraction of sp³-hybridized carbons (Fsp3) is 0.312. The number of carbonyl (C=O) groups is 3. The Morgan fingerprint density at radius 2 is 1.83 bits per heavy atom. The molecule has 2 aromatic rings. The molecule has 0 fully saturated rings. The Bertz CT molecular complexity index is 1060. The molecule has 2 amide bonds. The summed E-state index contributed by atoms with van der Waals surface area (Å²) in [6.07, 6.45) is 0.341. The van der Waals surface area contributed by atoms with Crippen molar-refractivity contribution >= 4 is 43.9 Å². The minimum atomic E-state index is -3.53. The van der Waals surface area contributed by atoms with Crippen LogP contribution in [0.3, 0.4) is 0 Å². The van der Waals surface area contributed by atoms with Crippen LogP contribution in [0.25, 0.3) is 0 Å². The van der Waals surface area contributed by atoms with Gasteiger partial charge in [0.2, 0.25) is 25.2 Å². The number of benzene rings is 1. The van der Waals surface area contributed by atoms with Crippen molar-refractivity contribution in [2.45, 2.75) is 30.2 Å². The molecule has 0 spiro atoms. The lowest BCUT2D eigenvalue weighted by atomic mass is 9.97. The van der Waals surface area contributed by atoms with Gasteiger partial charge < -0.3 is 21.3 Å². The zero-order valence-corrected chi connectivity index (χ0v) is 16.8. The first-order valence-corrected chi connectivity index (χ1v) is 10.8. The third kappa shape index (κ3) is 5.79. The first-order chi connectivity index (χ1) is 13.5. The lowest BCUT2D eigenvalue weighted by Crippen LogP contribution is -2.16. The molecule has 11 nitrogen and oxygen atoms in total. The van der Waals surface area contributed by atoms with E-state index in [1.165, 1.54) is 12.1 Å². The molecule has 0 aliphatic rings. The summed E-state index contributed by atoms with van der Waals surface area (Å²) in [5.41, 5.74) is 5.22. The van der Waals surface area contributed by atoms with Gasteiger partial charge in [-0.1, -0.05) is 23.5 Å². The highest BCUT2D eigenvalue weighted by Crippen LogP contribution is 2.27. The summed E-state index contributed by atoms with van der Waals surface area (Å²) >= 11 is 0.690. The highest BCUT2D eigenvalue weighted by molar-refractivity contribution is 7.92. The first kappa shape index (κ1) is 22.4. The average Bonchev–Trinajstić information content (AvgIpc) is 3.10. The van der Waals surface area contributed by atoms with Crippen molar-refractivity contribution in [2.75, 3.05) is 11.6 Å². The molecular weight excluding hydrogens is 424 g/mol. The highest BCUT2D eigenvalue weighted by atomic mass is 32.2. The van der Waals surface area contributed by atoms with Crippen LogP contribution in [0.1, 0.15) is 34.3 Å². The van der Waals surface area contributed by atoms with Crippen LogP contribution in [-0.2, 0) is 32.5 Å². The summed E-state index contributed by atoms with van der Waals surface area (Å²) in [6.45, 7) is -0.507. The summed E-state index contributed by atoms with van der Waals surface area (Å²) in [7, 11) is -3.53. The lowest BCUT2D eigenvalue weighted by molar-refractivity contribution is -0.122. The molecule has 0 atom stereocenters. The average molecular weight is 442 g/mol. The monoisotopic (exact) mass is 442 g/mol. The number of phenols is 1. The fourth-order valence-corrected chi connectivity index (χ4v) is 3.90. The predicted octanol–water partition coefficient (Wildman–Crippen LogP) is -0.231. The van der Waals surface area contributed by atoms with Gasteiger partial charge in [-0.25, -0.2) is 8.42 Å². The number of Topliss-reactive ketones (excluding diaryl/α,β-unsaturated/α-hetero) is 1. The number of ketones is 1. The molecule has 0 aliphatic carbocycles. The Hall–Kier alpha value is -2.90. The van der Waals surface area contributed by atoms with Gasteiger partial charge in [-0.15, -0.1) is 10.2 Å². The van der Waals surface area contributed by atoms with Crippen molar-refractivity contribution in [2.24, 2.45) is 5.73 Å². The number of amides is 2. The van der Waals surface area contributed by atoms with E-state index in [0.29, 0.717) is 11.3 Å². The fourth-order valence-electron chi connectivity index (χ4n) is 2.37. The topological polar surface area (TPSA) is 190 Å². The molecule has 0 radical (unpaired) electrons. The van der Waals surface area contributed by atoms with E-state index < -0.39 is 39.8 Å². The van der Waals surface area contributed by atoms with E-state index in [4.69, 9.17) is 5.73 Å². The smallest absolute Gasteiger partial charge is 0.252 e. The lowest BCUT2D eigenvalue weighted by Gasteiger charge is -2.11. The molecular formula is C16H18N4O7S2. The van der Waals surface area contributed by atoms with E-state index in [2.05, 4.69) is 15.5 Å². The van der Waals surface area contributed by atoms with Crippen LogP contribution in [0, 0.1) is 0 Å². The number of sulfone groups is 1. The van der Waals surface area contributed by atoms with E-state index in [0.717, 1.165) is 6.26 Å². The van der Waals surface area contributed by atoms with Crippen LogP contribution in [0.15, 0.2) is 16.5 Å². The first-order valence-electron chi connectivity index (χ1n) is 8.12. The number of hydrogen-bond acceptors (Lipinski definition) is 10. The number of primary amides is 1. The molecule has 2 rings (SSSR count). The van der Waals surface area contributed by atoms with Gasteiger partial charge in [-0.05, 0) is 5.56 Å². The molecule has 29 heavy (non-hydrogen) atoms. The van der Waals surface area contributed by atoms with Gasteiger partial charge >= 0.3 is 0 Å². The Morgan fingerprint density at radius 3 is 2.38 bits per heavy atom. The molecule has 1 aromatic carbocycles. The summed E-state index contributed by atoms with van der Waals surface area (Å²) in [5.74, 6) is -2.38. The number of aromatic nitrogens is 2. The van der Waals surface area contributed by atoms with Crippen LogP contribution in [0.2, 0.25) is 0 Å². The molecule has 156 valence electrons. The number of aromatic hydroxyl groups is 1. The summed E-state index contributed by atoms with van der Waals surface area (Å²) in [4.78, 5) is 35.5. The van der Waals surface area contributed by atoms with Crippen molar-refractivity contribution in [3.8, 4) is 5.75 Å². The van der Waals surface area contributed by atoms with E-state index in [-0.39, 0.29) is 45.4 Å². The van der Waals surface area contributed by atoms with Gasteiger partial charge in [0.15, 0.2) is 0 Å². The van der Waals surface area contributed by atoms with Crippen LogP contribution >= 0.6 is 11.3 Å². The number of nitrogens with one attached hydrogen (secondary N) is 1. The molecule has 0 unspecified atom stereocenters. The highest BCUT2D eigenvalue weighted by Gasteiger charge is 2.19. The van der Waals surface area contributed by atoms with Crippen molar-refractivity contribution in [1.82, 2.24) is 10.2 Å². The number of carbonyl (C=O) groups excluding carboxylic acids is 3. The molecule has 0 aliphatic heterocycles. The standard InChI is InChI=1S/C16H18N4O7S2/c1-29(26,27)16-20-19-15(28-16)18-11(23)5-4-10(22)6-8-2-3-9(7-21)12(13(8)24)14(17)25/h2-3,21,24H,4-7H2,1H3,(H2,17,25)(H,18,19,23). The number of nitrogens with zero attached hydrogens (tertiary/aromatic N) is 2. The maximum Gasteiger partial charge on any atom is 0.252 e. The Balaban J connectivity index is 1.96. The minimum absolute atomic E-state index is 0.00814. The van der Waals surface area contributed by atoms with Crippen molar-refractivity contribution in [3.63, 3.8) is 0 Å². The second-order valence-electron chi connectivity index (χ2n) is 6.04. The Morgan fingerprint density at radius 1 is 1.17 bits per heavy atom. The summed E-state index contributed by atoms with van der Waals surface area (Å²) < 4.78 is 22.4. The maximum absolute atomic E-state index is 12.1. The maximum atomic E-state index is 12.1. The number of nitrogens with two attached hydrogens (primary N) is 1. The zero-order chi connectivity index (χ0) is 21.8. The van der Waals surface area contributed by atoms with Crippen LogP contribution < -0.4 is 11.1 Å². The van der Waals surface area contributed by atoms with Gasteiger partial charge in [0, 0.05) is 31.1 Å². The third-order valence-electron chi connectivity index (χ3n) is 3.75. The zero-order valence-electron chi connectivity index (χ0n) is 15.2. The van der Waals surface area contributed by atoms with Crippen molar-refractivity contribution in [3.05, 3.63) is 28.8 Å². The summed E-state index contributed by atoms with van der Waals surface area (Å²) in [5, 5.41) is 28.7. The van der Waals surface area contributed by atoms with Crippen molar-refractivity contribution in [1.29, 1.82) is 0 Å². The van der Waals surface area contributed by atoms with E-state index in [1.54, 1.807) is 0 Å². The quantitative estimate of drug-likeness (QED) is 0.380.